The number of guanidine groups is 1. The highest BCUT2D eigenvalue weighted by atomic mass is 127. The van der Waals surface area contributed by atoms with Gasteiger partial charge in [0.1, 0.15) is 0 Å². The SMILES string of the molecule is C=CCCCN(C)C(=NCc1cccc(S(=O)(=O)NCCOC)c1)NCC.I. The Balaban J connectivity index is 0.00000729. The van der Waals surface area contributed by atoms with Gasteiger partial charge in [0, 0.05) is 33.8 Å². The second-order valence-electron chi connectivity index (χ2n) is 6.06. The first-order valence-electron chi connectivity index (χ1n) is 9.12. The van der Waals surface area contributed by atoms with Gasteiger partial charge in [0.05, 0.1) is 18.0 Å². The molecule has 1 aromatic rings. The summed E-state index contributed by atoms with van der Waals surface area (Å²) >= 11 is 0. The molecule has 0 aliphatic carbocycles. The van der Waals surface area contributed by atoms with Gasteiger partial charge in [-0.15, -0.1) is 30.6 Å². The Morgan fingerprint density at radius 3 is 2.79 bits per heavy atom. The van der Waals surface area contributed by atoms with Crippen molar-refractivity contribution in [3.05, 3.63) is 42.5 Å². The van der Waals surface area contributed by atoms with Crippen LogP contribution in [0.5, 0.6) is 0 Å². The van der Waals surface area contributed by atoms with E-state index in [-0.39, 0.29) is 35.4 Å². The third-order valence-corrected chi connectivity index (χ3v) is 5.28. The molecule has 0 amide bonds. The number of benzene rings is 1. The molecule has 0 heterocycles. The molecule has 0 atom stereocenters. The van der Waals surface area contributed by atoms with E-state index >= 15 is 0 Å². The Hall–Kier alpha value is -1.17. The van der Waals surface area contributed by atoms with Crippen LogP contribution in [0.1, 0.15) is 25.3 Å². The second-order valence-corrected chi connectivity index (χ2v) is 7.83. The fourth-order valence-electron chi connectivity index (χ4n) is 2.39. The van der Waals surface area contributed by atoms with Gasteiger partial charge in [-0.1, -0.05) is 18.2 Å². The molecule has 28 heavy (non-hydrogen) atoms. The molecule has 0 radical (unpaired) electrons. The summed E-state index contributed by atoms with van der Waals surface area (Å²) in [7, 11) is -0.0267. The number of sulfonamides is 1. The van der Waals surface area contributed by atoms with Crippen LogP contribution in [0.25, 0.3) is 0 Å². The molecule has 9 heteroatoms. The highest BCUT2D eigenvalue weighted by molar-refractivity contribution is 14.0. The van der Waals surface area contributed by atoms with Crippen LogP contribution in [0.2, 0.25) is 0 Å². The van der Waals surface area contributed by atoms with E-state index in [4.69, 9.17) is 4.74 Å². The number of methoxy groups -OCH3 is 1. The van der Waals surface area contributed by atoms with E-state index in [2.05, 4.69) is 26.5 Å². The van der Waals surface area contributed by atoms with Crippen molar-refractivity contribution in [1.29, 1.82) is 0 Å². The summed E-state index contributed by atoms with van der Waals surface area (Å²) in [6.07, 6.45) is 3.87. The minimum absolute atomic E-state index is 0. The molecule has 0 spiro atoms. The minimum Gasteiger partial charge on any atom is -0.383 e. The van der Waals surface area contributed by atoms with Gasteiger partial charge in [0.25, 0.3) is 0 Å². The van der Waals surface area contributed by atoms with Gasteiger partial charge >= 0.3 is 0 Å². The molecular formula is C19H33IN4O3S. The standard InChI is InChI=1S/C19H32N4O3S.HI/c1-5-7-8-13-23(3)19(20-6-2)21-16-17-10-9-11-18(15-17)27(24,25)22-12-14-26-4;/h5,9-11,15,22H,1,6-8,12-14,16H2,2-4H3,(H,20,21);1H. The van der Waals surface area contributed by atoms with E-state index in [0.717, 1.165) is 37.5 Å². The smallest absolute Gasteiger partial charge is 0.240 e. The zero-order valence-corrected chi connectivity index (χ0v) is 20.1. The van der Waals surface area contributed by atoms with Crippen LogP contribution < -0.4 is 10.0 Å². The largest absolute Gasteiger partial charge is 0.383 e. The Labute approximate surface area is 186 Å². The molecule has 0 saturated heterocycles. The van der Waals surface area contributed by atoms with E-state index in [9.17, 15) is 8.42 Å². The van der Waals surface area contributed by atoms with Gasteiger partial charge in [-0.3, -0.25) is 0 Å². The number of unbranched alkanes of at least 4 members (excludes halogenated alkanes) is 1. The summed E-state index contributed by atoms with van der Waals surface area (Å²) in [4.78, 5) is 6.93. The van der Waals surface area contributed by atoms with Gasteiger partial charge < -0.3 is 15.0 Å². The normalized spacial score (nSPS) is 11.6. The number of hydrogen-bond donors (Lipinski definition) is 2. The first-order chi connectivity index (χ1) is 12.9. The predicted octanol–water partition coefficient (Wildman–Crippen LogP) is 2.59. The maximum Gasteiger partial charge on any atom is 0.240 e. The number of allylic oxidation sites excluding steroid dienone is 1. The molecule has 0 unspecified atom stereocenters. The summed E-state index contributed by atoms with van der Waals surface area (Å²) in [5.41, 5.74) is 0.833. The van der Waals surface area contributed by atoms with Crippen LogP contribution in [0.3, 0.4) is 0 Å². The predicted molar refractivity (Wildman–Crippen MR) is 126 cm³/mol. The summed E-state index contributed by atoms with van der Waals surface area (Å²) in [5, 5.41) is 3.26. The molecule has 0 aliphatic rings. The van der Waals surface area contributed by atoms with Crippen LogP contribution in [0.15, 0.2) is 46.8 Å². The lowest BCUT2D eigenvalue weighted by molar-refractivity contribution is 0.204. The van der Waals surface area contributed by atoms with Crippen LogP contribution in [0.4, 0.5) is 0 Å². The lowest BCUT2D eigenvalue weighted by Crippen LogP contribution is -2.39. The minimum atomic E-state index is -3.55. The number of hydrogen-bond acceptors (Lipinski definition) is 4. The fourth-order valence-corrected chi connectivity index (χ4v) is 3.47. The van der Waals surface area contributed by atoms with Gasteiger partial charge in [-0.25, -0.2) is 18.1 Å². The lowest BCUT2D eigenvalue weighted by atomic mass is 10.2. The van der Waals surface area contributed by atoms with Crippen LogP contribution in [-0.2, 0) is 21.3 Å². The number of aliphatic imine (C=N–C) groups is 1. The quantitative estimate of drug-likeness (QED) is 0.145. The molecule has 160 valence electrons. The summed E-state index contributed by atoms with van der Waals surface area (Å²) in [6.45, 7) is 8.36. The number of nitrogens with zero attached hydrogens (tertiary/aromatic N) is 2. The number of nitrogens with one attached hydrogen (secondary N) is 2. The molecule has 0 aliphatic heterocycles. The van der Waals surface area contributed by atoms with Gasteiger partial charge in [-0.2, -0.15) is 0 Å². The monoisotopic (exact) mass is 524 g/mol. The number of rotatable bonds is 12. The Morgan fingerprint density at radius 1 is 1.39 bits per heavy atom. The van der Waals surface area contributed by atoms with Crippen molar-refractivity contribution in [1.82, 2.24) is 14.9 Å². The second kappa shape index (κ2) is 14.8. The zero-order valence-electron chi connectivity index (χ0n) is 17.0. The van der Waals surface area contributed by atoms with Gasteiger partial charge in [-0.05, 0) is 37.5 Å². The van der Waals surface area contributed by atoms with E-state index in [1.807, 2.05) is 26.1 Å². The van der Waals surface area contributed by atoms with Crippen LogP contribution >= 0.6 is 24.0 Å². The van der Waals surface area contributed by atoms with Gasteiger partial charge in [0.2, 0.25) is 10.0 Å². The van der Waals surface area contributed by atoms with E-state index in [0.29, 0.717) is 13.2 Å². The molecular weight excluding hydrogens is 491 g/mol. The summed E-state index contributed by atoms with van der Waals surface area (Å²) in [5.74, 6) is 0.799. The molecule has 1 aromatic carbocycles. The third kappa shape index (κ3) is 9.85. The Kier molecular flexibility index (Phi) is 14.2. The first kappa shape index (κ1) is 26.8. The van der Waals surface area contributed by atoms with Gasteiger partial charge in [0.15, 0.2) is 5.96 Å². The molecule has 1 rings (SSSR count). The van der Waals surface area contributed by atoms with Crippen LogP contribution in [-0.4, -0.2) is 59.7 Å². The highest BCUT2D eigenvalue weighted by Crippen LogP contribution is 2.12. The van der Waals surface area contributed by atoms with E-state index < -0.39 is 10.0 Å². The molecule has 7 nitrogen and oxygen atoms in total. The maximum atomic E-state index is 12.3. The maximum absolute atomic E-state index is 12.3. The average molecular weight is 524 g/mol. The zero-order chi connectivity index (χ0) is 20.1. The number of halogens is 1. The van der Waals surface area contributed by atoms with Crippen molar-refractivity contribution < 1.29 is 13.2 Å². The molecule has 0 fully saturated rings. The summed E-state index contributed by atoms with van der Waals surface area (Å²) < 4.78 is 32.0. The molecule has 2 N–H and O–H groups in total. The molecule has 0 bridgehead atoms. The van der Waals surface area contributed by atoms with Crippen molar-refractivity contribution in [3.63, 3.8) is 0 Å². The molecule has 0 aromatic heterocycles. The lowest BCUT2D eigenvalue weighted by Gasteiger charge is -2.21. The van der Waals surface area contributed by atoms with E-state index in [1.165, 1.54) is 7.11 Å². The van der Waals surface area contributed by atoms with Crippen molar-refractivity contribution in [2.75, 3.05) is 40.4 Å². The highest BCUT2D eigenvalue weighted by Gasteiger charge is 2.13. The molecule has 0 saturated carbocycles. The summed E-state index contributed by atoms with van der Waals surface area (Å²) in [6, 6.07) is 6.84. The van der Waals surface area contributed by atoms with Crippen molar-refractivity contribution in [3.8, 4) is 0 Å². The average Bonchev–Trinajstić information content (AvgIpc) is 2.65. The third-order valence-electron chi connectivity index (χ3n) is 3.82. The topological polar surface area (TPSA) is 83.0 Å². The Bertz CT molecular complexity index is 711. The first-order valence-corrected chi connectivity index (χ1v) is 10.6. The Morgan fingerprint density at radius 2 is 2.14 bits per heavy atom. The van der Waals surface area contributed by atoms with E-state index in [1.54, 1.807) is 18.2 Å². The number of ether oxygens (including phenoxy) is 1. The fraction of sp³-hybridized carbons (Fsp3) is 0.526. The van der Waals surface area contributed by atoms with Crippen molar-refractivity contribution in [2.45, 2.75) is 31.2 Å². The van der Waals surface area contributed by atoms with Crippen molar-refractivity contribution >= 4 is 40.0 Å². The van der Waals surface area contributed by atoms with Crippen molar-refractivity contribution in [2.24, 2.45) is 4.99 Å². The van der Waals surface area contributed by atoms with Crippen LogP contribution in [0, 0.1) is 0 Å².